The van der Waals surface area contributed by atoms with Gasteiger partial charge in [0.05, 0.1) is 0 Å². The normalized spacial score (nSPS) is 32.1. The number of likely N-dealkylation sites (N-methyl/N-ethyl adjacent to an activating group) is 1. The third kappa shape index (κ3) is 1.90. The van der Waals surface area contributed by atoms with E-state index in [1.807, 2.05) is 0 Å². The predicted molar refractivity (Wildman–Crippen MR) is 71.1 cm³/mol. The number of nitrogens with zero attached hydrogens (tertiary/aromatic N) is 1. The maximum absolute atomic E-state index is 3.51. The van der Waals surface area contributed by atoms with Crippen LogP contribution in [0.3, 0.4) is 0 Å². The first-order chi connectivity index (χ1) is 8.27. The van der Waals surface area contributed by atoms with E-state index in [1.54, 1.807) is 11.1 Å². The van der Waals surface area contributed by atoms with Gasteiger partial charge >= 0.3 is 0 Å². The van der Waals surface area contributed by atoms with Crippen molar-refractivity contribution < 1.29 is 0 Å². The number of nitrogens with one attached hydrogen (secondary N) is 1. The smallest absolute Gasteiger partial charge is 0.0354 e. The van der Waals surface area contributed by atoms with E-state index in [2.05, 4.69) is 48.5 Å². The summed E-state index contributed by atoms with van der Waals surface area (Å²) in [4.78, 5) is 2.61. The van der Waals surface area contributed by atoms with Crippen molar-refractivity contribution in [2.24, 2.45) is 5.92 Å². The zero-order valence-corrected chi connectivity index (χ0v) is 10.8. The Morgan fingerprint density at radius 2 is 2.06 bits per heavy atom. The SMILES string of the molecule is CC1CNCC1N(C)C1CCc2ccccc21. The molecule has 1 fully saturated rings. The van der Waals surface area contributed by atoms with Crippen LogP contribution in [0.2, 0.25) is 0 Å². The molecule has 2 nitrogen and oxygen atoms in total. The molecule has 0 bridgehead atoms. The van der Waals surface area contributed by atoms with Crippen molar-refractivity contribution in [1.82, 2.24) is 10.2 Å². The highest BCUT2D eigenvalue weighted by atomic mass is 15.2. The van der Waals surface area contributed by atoms with Crippen molar-refractivity contribution in [2.75, 3.05) is 20.1 Å². The van der Waals surface area contributed by atoms with Crippen LogP contribution < -0.4 is 5.32 Å². The summed E-state index contributed by atoms with van der Waals surface area (Å²) in [6.07, 6.45) is 2.54. The Hall–Kier alpha value is -0.860. The largest absolute Gasteiger partial charge is 0.315 e. The van der Waals surface area contributed by atoms with E-state index >= 15 is 0 Å². The summed E-state index contributed by atoms with van der Waals surface area (Å²) in [5, 5.41) is 3.51. The van der Waals surface area contributed by atoms with Crippen LogP contribution in [-0.2, 0) is 6.42 Å². The minimum absolute atomic E-state index is 0.638. The molecule has 2 heteroatoms. The fourth-order valence-electron chi connectivity index (χ4n) is 3.53. The third-order valence-electron chi connectivity index (χ3n) is 4.59. The molecule has 3 atom stereocenters. The summed E-state index contributed by atoms with van der Waals surface area (Å²) in [5.41, 5.74) is 3.12. The molecule has 1 heterocycles. The maximum atomic E-state index is 3.51. The van der Waals surface area contributed by atoms with Crippen LogP contribution in [0.15, 0.2) is 24.3 Å². The summed E-state index contributed by atoms with van der Waals surface area (Å²) in [6.45, 7) is 4.68. The van der Waals surface area contributed by atoms with Crippen molar-refractivity contribution in [2.45, 2.75) is 31.8 Å². The van der Waals surface area contributed by atoms with E-state index in [9.17, 15) is 0 Å². The standard InChI is InChI=1S/C15H22N2/c1-11-9-16-10-15(11)17(2)14-8-7-12-5-3-4-6-13(12)14/h3-6,11,14-16H,7-10H2,1-2H3. The molecule has 0 amide bonds. The van der Waals surface area contributed by atoms with Gasteiger partial charge in [-0.1, -0.05) is 31.2 Å². The van der Waals surface area contributed by atoms with Crippen molar-refractivity contribution >= 4 is 0 Å². The Morgan fingerprint density at radius 1 is 1.24 bits per heavy atom. The van der Waals surface area contributed by atoms with Crippen LogP contribution in [0.25, 0.3) is 0 Å². The first-order valence-electron chi connectivity index (χ1n) is 6.78. The van der Waals surface area contributed by atoms with Crippen molar-refractivity contribution in [3.8, 4) is 0 Å². The van der Waals surface area contributed by atoms with Crippen LogP contribution >= 0.6 is 0 Å². The molecule has 3 unspecified atom stereocenters. The molecule has 0 spiro atoms. The molecule has 0 radical (unpaired) electrons. The number of aryl methyl sites for hydroxylation is 1. The molecule has 17 heavy (non-hydrogen) atoms. The average molecular weight is 230 g/mol. The van der Waals surface area contributed by atoms with Gasteiger partial charge in [0.25, 0.3) is 0 Å². The molecule has 0 saturated carbocycles. The Morgan fingerprint density at radius 3 is 2.82 bits per heavy atom. The average Bonchev–Trinajstić information content (AvgIpc) is 2.94. The molecule has 1 aliphatic heterocycles. The maximum Gasteiger partial charge on any atom is 0.0354 e. The summed E-state index contributed by atoms with van der Waals surface area (Å²) in [7, 11) is 2.31. The van der Waals surface area contributed by atoms with Gasteiger partial charge in [0.2, 0.25) is 0 Å². The molecule has 1 aromatic rings. The second-order valence-electron chi connectivity index (χ2n) is 5.62. The van der Waals surface area contributed by atoms with Gasteiger partial charge in [-0.3, -0.25) is 4.90 Å². The molecular weight excluding hydrogens is 208 g/mol. The topological polar surface area (TPSA) is 15.3 Å². The lowest BCUT2D eigenvalue weighted by Crippen LogP contribution is -2.39. The fourth-order valence-corrected chi connectivity index (χ4v) is 3.53. The number of fused-ring (bicyclic) bond motifs is 1. The van der Waals surface area contributed by atoms with Crippen molar-refractivity contribution in [1.29, 1.82) is 0 Å². The first-order valence-corrected chi connectivity index (χ1v) is 6.78. The Kier molecular flexibility index (Phi) is 2.93. The highest BCUT2D eigenvalue weighted by Crippen LogP contribution is 2.37. The molecule has 1 saturated heterocycles. The highest BCUT2D eigenvalue weighted by molar-refractivity contribution is 5.34. The van der Waals surface area contributed by atoms with Crippen molar-refractivity contribution in [3.63, 3.8) is 0 Å². The summed E-state index contributed by atoms with van der Waals surface area (Å²) < 4.78 is 0. The minimum Gasteiger partial charge on any atom is -0.315 e. The second kappa shape index (κ2) is 4.43. The number of hydrogen-bond donors (Lipinski definition) is 1. The highest BCUT2D eigenvalue weighted by Gasteiger charge is 2.34. The van der Waals surface area contributed by atoms with Gasteiger partial charge in [-0.2, -0.15) is 0 Å². The predicted octanol–water partition coefficient (Wildman–Crippen LogP) is 2.21. The second-order valence-corrected chi connectivity index (χ2v) is 5.62. The zero-order chi connectivity index (χ0) is 11.8. The Labute approximate surface area is 104 Å². The van der Waals surface area contributed by atoms with E-state index in [0.29, 0.717) is 12.1 Å². The van der Waals surface area contributed by atoms with Crippen LogP contribution in [-0.4, -0.2) is 31.1 Å². The quantitative estimate of drug-likeness (QED) is 0.838. The molecule has 1 N–H and O–H groups in total. The van der Waals surface area contributed by atoms with Gasteiger partial charge in [0.1, 0.15) is 0 Å². The van der Waals surface area contributed by atoms with E-state index in [-0.39, 0.29) is 0 Å². The summed E-state index contributed by atoms with van der Waals surface area (Å²) in [6, 6.07) is 10.3. The van der Waals surface area contributed by atoms with Crippen molar-refractivity contribution in [3.05, 3.63) is 35.4 Å². The molecule has 3 rings (SSSR count). The fraction of sp³-hybridized carbons (Fsp3) is 0.600. The number of benzene rings is 1. The summed E-state index contributed by atoms with van der Waals surface area (Å²) >= 11 is 0. The van der Waals surface area contributed by atoms with E-state index < -0.39 is 0 Å². The lowest BCUT2D eigenvalue weighted by molar-refractivity contribution is 0.156. The molecule has 92 valence electrons. The molecule has 2 aliphatic rings. The lowest BCUT2D eigenvalue weighted by atomic mass is 10.0. The van der Waals surface area contributed by atoms with Crippen LogP contribution in [0.4, 0.5) is 0 Å². The Bertz CT molecular complexity index is 402. The molecular formula is C15H22N2. The van der Waals surface area contributed by atoms with Gasteiger partial charge in [0.15, 0.2) is 0 Å². The molecule has 0 aromatic heterocycles. The van der Waals surface area contributed by atoms with Gasteiger partial charge < -0.3 is 5.32 Å². The number of rotatable bonds is 2. The third-order valence-corrected chi connectivity index (χ3v) is 4.59. The van der Waals surface area contributed by atoms with E-state index in [1.165, 1.54) is 19.4 Å². The first kappa shape index (κ1) is 11.2. The molecule has 1 aromatic carbocycles. The van der Waals surface area contributed by atoms with E-state index in [4.69, 9.17) is 0 Å². The van der Waals surface area contributed by atoms with E-state index in [0.717, 1.165) is 12.5 Å². The van der Waals surface area contributed by atoms with Gasteiger partial charge in [0, 0.05) is 18.6 Å². The zero-order valence-electron chi connectivity index (χ0n) is 10.8. The van der Waals surface area contributed by atoms with Crippen LogP contribution in [0.1, 0.15) is 30.5 Å². The van der Waals surface area contributed by atoms with Gasteiger partial charge in [-0.15, -0.1) is 0 Å². The number of hydrogen-bond acceptors (Lipinski definition) is 2. The monoisotopic (exact) mass is 230 g/mol. The summed E-state index contributed by atoms with van der Waals surface area (Å²) in [5.74, 6) is 0.771. The van der Waals surface area contributed by atoms with Crippen LogP contribution in [0.5, 0.6) is 0 Å². The van der Waals surface area contributed by atoms with Gasteiger partial charge in [-0.05, 0) is 43.5 Å². The van der Waals surface area contributed by atoms with Crippen LogP contribution in [0, 0.1) is 5.92 Å². The lowest BCUT2D eigenvalue weighted by Gasteiger charge is -2.33. The molecule has 1 aliphatic carbocycles. The minimum atomic E-state index is 0.638. The van der Waals surface area contributed by atoms with Gasteiger partial charge in [-0.25, -0.2) is 0 Å². The Balaban J connectivity index is 1.82.